The zero-order valence-electron chi connectivity index (χ0n) is 20.4. The van der Waals surface area contributed by atoms with E-state index in [2.05, 4.69) is 25.0 Å². The third-order valence-electron chi connectivity index (χ3n) is 7.11. The molecule has 12 heteroatoms. The largest absolute Gasteiger partial charge is 0.416 e. The summed E-state index contributed by atoms with van der Waals surface area (Å²) in [6.45, 7) is 3.80. The molecular weight excluding hydrogens is 503 g/mol. The Morgan fingerprint density at radius 2 is 1.92 bits per heavy atom. The minimum absolute atomic E-state index is 0.203. The van der Waals surface area contributed by atoms with Gasteiger partial charge in [0.2, 0.25) is 0 Å². The van der Waals surface area contributed by atoms with Gasteiger partial charge < -0.3 is 20.1 Å². The zero-order chi connectivity index (χ0) is 26.2. The van der Waals surface area contributed by atoms with Gasteiger partial charge in [0.05, 0.1) is 5.56 Å². The van der Waals surface area contributed by atoms with Crippen LogP contribution in [0.2, 0.25) is 0 Å². The average molecular weight is 532 g/mol. The van der Waals surface area contributed by atoms with Gasteiger partial charge in [0.25, 0.3) is 5.91 Å². The molecule has 0 radical (unpaired) electrons. The molecule has 2 aliphatic rings. The molecule has 0 aliphatic carbocycles. The molecule has 3 aromatic rings. The Hall–Kier alpha value is -3.12. The molecule has 37 heavy (non-hydrogen) atoms. The number of rotatable bonds is 8. The van der Waals surface area contributed by atoms with E-state index in [0.717, 1.165) is 61.2 Å². The molecule has 196 valence electrons. The summed E-state index contributed by atoms with van der Waals surface area (Å²) in [5.41, 5.74) is 6.47. The molecule has 0 bridgehead atoms. The van der Waals surface area contributed by atoms with Crippen molar-refractivity contribution in [2.75, 3.05) is 36.8 Å². The molecular formula is C25H28F3N7OS. The quantitative estimate of drug-likeness (QED) is 0.350. The van der Waals surface area contributed by atoms with Gasteiger partial charge in [0.1, 0.15) is 5.69 Å². The smallest absolute Gasteiger partial charge is 0.367 e. The Bertz CT molecular complexity index is 1250. The second-order valence-corrected chi connectivity index (χ2v) is 10.5. The van der Waals surface area contributed by atoms with Crippen LogP contribution in [0.15, 0.2) is 47.8 Å². The van der Waals surface area contributed by atoms with Crippen LogP contribution in [0.5, 0.6) is 0 Å². The Kier molecular flexibility index (Phi) is 7.13. The second-order valence-electron chi connectivity index (χ2n) is 9.48. The normalized spacial score (nSPS) is 19.9. The van der Waals surface area contributed by atoms with Crippen LogP contribution in [-0.2, 0) is 13.2 Å². The van der Waals surface area contributed by atoms with Crippen molar-refractivity contribution in [3.8, 4) is 11.4 Å². The minimum atomic E-state index is -4.31. The summed E-state index contributed by atoms with van der Waals surface area (Å²) in [7, 11) is 1.90. The number of alkyl halides is 3. The van der Waals surface area contributed by atoms with Gasteiger partial charge >= 0.3 is 6.18 Å². The number of hydrogen-bond donors (Lipinski definition) is 1. The molecule has 5 rings (SSSR count). The third kappa shape index (κ3) is 5.45. The summed E-state index contributed by atoms with van der Waals surface area (Å²) in [4.78, 5) is 20.0. The van der Waals surface area contributed by atoms with Crippen LogP contribution in [0.3, 0.4) is 0 Å². The number of hydrogen-bond acceptors (Lipinski definition) is 7. The number of likely N-dealkylation sites (tertiary alicyclic amines) is 1. The molecule has 8 nitrogen and oxygen atoms in total. The number of primary amides is 1. The maximum absolute atomic E-state index is 12.9. The van der Waals surface area contributed by atoms with Crippen molar-refractivity contribution < 1.29 is 18.0 Å². The lowest BCUT2D eigenvalue weighted by atomic mass is 10.0. The highest BCUT2D eigenvalue weighted by atomic mass is 32.2. The highest BCUT2D eigenvalue weighted by molar-refractivity contribution is 7.99. The van der Waals surface area contributed by atoms with Crippen LogP contribution >= 0.6 is 11.8 Å². The number of aromatic nitrogens is 4. The van der Waals surface area contributed by atoms with Gasteiger partial charge in [-0.2, -0.15) is 13.2 Å². The van der Waals surface area contributed by atoms with Gasteiger partial charge in [0, 0.05) is 55.9 Å². The fraction of sp³-hybridized carbons (Fsp3) is 0.440. The zero-order valence-corrected chi connectivity index (χ0v) is 21.2. The number of benzene rings is 1. The number of pyridine rings is 1. The predicted molar refractivity (Wildman–Crippen MR) is 135 cm³/mol. The number of carbonyl (C=O) groups excluding carboxylic acids is 1. The van der Waals surface area contributed by atoms with Crippen LogP contribution in [0.1, 0.15) is 28.9 Å². The monoisotopic (exact) mass is 531 g/mol. The van der Waals surface area contributed by atoms with Crippen LogP contribution in [0.25, 0.3) is 11.4 Å². The summed E-state index contributed by atoms with van der Waals surface area (Å²) in [6.07, 6.45) is -0.693. The van der Waals surface area contributed by atoms with Gasteiger partial charge in [-0.25, -0.2) is 0 Å². The standard InChI is InChI=1S/C25H28F3N7OS/c1-33-23(16-3-8-20(22(29)36)30-13-16)31-32-24(33)37-12-2-10-34-14-17-9-11-35(21(17)15-34)19-6-4-18(5-7-19)25(26,27)28/h3-8,13,17,21H,2,9-12,14-15H2,1H3,(H2,29,36)/t17-,21+/m1/s1. The molecule has 2 aliphatic heterocycles. The average Bonchev–Trinajstić information content (AvgIpc) is 3.56. The summed E-state index contributed by atoms with van der Waals surface area (Å²) < 4.78 is 40.6. The van der Waals surface area contributed by atoms with Crippen molar-refractivity contribution in [1.29, 1.82) is 0 Å². The molecule has 0 saturated carbocycles. The van der Waals surface area contributed by atoms with E-state index >= 15 is 0 Å². The Morgan fingerprint density at radius 3 is 2.59 bits per heavy atom. The molecule has 2 aromatic heterocycles. The first-order chi connectivity index (χ1) is 17.7. The van der Waals surface area contributed by atoms with E-state index in [0.29, 0.717) is 17.8 Å². The molecule has 1 aromatic carbocycles. The molecule has 0 unspecified atom stereocenters. The lowest BCUT2D eigenvalue weighted by molar-refractivity contribution is -0.137. The minimum Gasteiger partial charge on any atom is -0.367 e. The Balaban J connectivity index is 1.11. The Morgan fingerprint density at radius 1 is 1.14 bits per heavy atom. The number of carbonyl (C=O) groups is 1. The van der Waals surface area contributed by atoms with E-state index in [-0.39, 0.29) is 5.69 Å². The number of halogens is 3. The molecule has 2 atom stereocenters. The van der Waals surface area contributed by atoms with Crippen LogP contribution in [0, 0.1) is 5.92 Å². The molecule has 1 amide bonds. The van der Waals surface area contributed by atoms with Gasteiger partial charge in [-0.05, 0) is 61.7 Å². The van der Waals surface area contributed by atoms with Gasteiger partial charge in [0.15, 0.2) is 11.0 Å². The van der Waals surface area contributed by atoms with Crippen molar-refractivity contribution in [3.63, 3.8) is 0 Å². The predicted octanol–water partition coefficient (Wildman–Crippen LogP) is 3.69. The van der Waals surface area contributed by atoms with E-state index in [1.807, 2.05) is 11.6 Å². The van der Waals surface area contributed by atoms with Gasteiger partial charge in [-0.15, -0.1) is 10.2 Å². The van der Waals surface area contributed by atoms with Crippen molar-refractivity contribution in [2.24, 2.45) is 18.7 Å². The fourth-order valence-corrected chi connectivity index (χ4v) is 6.04. The lowest BCUT2D eigenvalue weighted by Crippen LogP contribution is -2.35. The van der Waals surface area contributed by atoms with Crippen LogP contribution in [-0.4, -0.2) is 68.5 Å². The lowest BCUT2D eigenvalue weighted by Gasteiger charge is -2.27. The number of thioether (sulfide) groups is 1. The first-order valence-electron chi connectivity index (χ1n) is 12.2. The van der Waals surface area contributed by atoms with E-state index < -0.39 is 17.6 Å². The molecule has 4 heterocycles. The number of fused-ring (bicyclic) bond motifs is 1. The summed E-state index contributed by atoms with van der Waals surface area (Å²) in [6, 6.07) is 9.23. The summed E-state index contributed by atoms with van der Waals surface area (Å²) >= 11 is 1.64. The van der Waals surface area contributed by atoms with E-state index in [1.165, 1.54) is 12.1 Å². The maximum Gasteiger partial charge on any atom is 0.416 e. The summed E-state index contributed by atoms with van der Waals surface area (Å²) in [5.74, 6) is 1.53. The van der Waals surface area contributed by atoms with Gasteiger partial charge in [-0.3, -0.25) is 9.78 Å². The molecule has 2 N–H and O–H groups in total. The third-order valence-corrected chi connectivity index (χ3v) is 8.21. The molecule has 0 spiro atoms. The van der Waals surface area contributed by atoms with Crippen molar-refractivity contribution >= 4 is 23.4 Å². The number of amides is 1. The highest BCUT2D eigenvalue weighted by Crippen LogP contribution is 2.37. The first-order valence-corrected chi connectivity index (χ1v) is 13.1. The number of nitrogens with zero attached hydrogens (tertiary/aromatic N) is 6. The number of nitrogens with two attached hydrogens (primary N) is 1. The van der Waals surface area contributed by atoms with E-state index in [1.54, 1.807) is 42.2 Å². The summed E-state index contributed by atoms with van der Waals surface area (Å²) in [5, 5.41) is 9.37. The first kappa shape index (κ1) is 25.5. The number of anilines is 1. The van der Waals surface area contributed by atoms with Gasteiger partial charge in [-0.1, -0.05) is 11.8 Å². The topological polar surface area (TPSA) is 93.2 Å². The van der Waals surface area contributed by atoms with Crippen molar-refractivity contribution in [3.05, 3.63) is 53.9 Å². The van der Waals surface area contributed by atoms with Crippen molar-refractivity contribution in [1.82, 2.24) is 24.6 Å². The fourth-order valence-electron chi connectivity index (χ4n) is 5.21. The maximum atomic E-state index is 12.9. The van der Waals surface area contributed by atoms with Crippen LogP contribution in [0.4, 0.5) is 18.9 Å². The molecule has 2 fully saturated rings. The van der Waals surface area contributed by atoms with E-state index in [4.69, 9.17) is 5.73 Å². The van der Waals surface area contributed by atoms with Crippen LogP contribution < -0.4 is 10.6 Å². The van der Waals surface area contributed by atoms with Crippen molar-refractivity contribution in [2.45, 2.75) is 30.2 Å². The molecule has 2 saturated heterocycles. The van der Waals surface area contributed by atoms with E-state index in [9.17, 15) is 18.0 Å². The highest BCUT2D eigenvalue weighted by Gasteiger charge is 2.41. The SMILES string of the molecule is Cn1c(SCCCN2C[C@H]3CCN(c4ccc(C(F)(F)F)cc4)[C@H]3C2)nnc1-c1ccc(C(N)=O)nc1. The Labute approximate surface area is 217 Å². The second kappa shape index (κ2) is 10.3.